The zero-order valence-corrected chi connectivity index (χ0v) is 11.4. The molecule has 0 atom stereocenters. The van der Waals surface area contributed by atoms with Gasteiger partial charge in [-0.1, -0.05) is 42.0 Å². The lowest BCUT2D eigenvalue weighted by molar-refractivity contribution is 0.787. The molecule has 0 unspecified atom stereocenters. The lowest BCUT2D eigenvalue weighted by Gasteiger charge is -2.03. The van der Waals surface area contributed by atoms with Crippen LogP contribution in [0, 0.1) is 6.92 Å². The first-order valence-corrected chi connectivity index (χ1v) is 6.70. The predicted octanol–water partition coefficient (Wildman–Crippen LogP) is 3.67. The highest BCUT2D eigenvalue weighted by Gasteiger charge is 2.06. The van der Waals surface area contributed by atoms with Gasteiger partial charge in [-0.2, -0.15) is 0 Å². The molecule has 0 saturated carbocycles. The highest BCUT2D eigenvalue weighted by atomic mass is 15.1. The zero-order valence-electron chi connectivity index (χ0n) is 11.4. The molecule has 3 rings (SSSR count). The average molecular weight is 250 g/mol. The molecule has 0 aliphatic carbocycles. The summed E-state index contributed by atoms with van der Waals surface area (Å²) in [6.07, 6.45) is 2.02. The molecule has 1 heterocycles. The maximum Gasteiger partial charge on any atom is 0.109 e. The van der Waals surface area contributed by atoms with Crippen LogP contribution in [0.1, 0.15) is 17.0 Å². The van der Waals surface area contributed by atoms with Crippen LogP contribution in [0.15, 0.2) is 48.5 Å². The first-order valence-electron chi connectivity index (χ1n) is 6.70. The third-order valence-corrected chi connectivity index (χ3v) is 3.64. The quantitative estimate of drug-likeness (QED) is 0.693. The standard InChI is InChI=1S/C17H18N2/c1-13-7-9-14(10-8-13)11-12-17-18-15-5-3-4-6-16(15)19(17)2/h3-10H,11-12H2,1-2H3. The van der Waals surface area contributed by atoms with E-state index in [1.807, 2.05) is 6.07 Å². The molecule has 0 amide bonds. The second-order valence-electron chi connectivity index (χ2n) is 5.06. The molecule has 0 saturated heterocycles. The molecule has 0 spiro atoms. The topological polar surface area (TPSA) is 17.8 Å². The van der Waals surface area contributed by atoms with Crippen LogP contribution in [0.4, 0.5) is 0 Å². The van der Waals surface area contributed by atoms with Gasteiger partial charge in [0.15, 0.2) is 0 Å². The number of hydrogen-bond acceptors (Lipinski definition) is 1. The summed E-state index contributed by atoms with van der Waals surface area (Å²) < 4.78 is 2.20. The van der Waals surface area contributed by atoms with Crippen molar-refractivity contribution in [2.24, 2.45) is 7.05 Å². The summed E-state index contributed by atoms with van der Waals surface area (Å²) in [5.41, 5.74) is 4.98. The Bertz CT molecular complexity index is 693. The summed E-state index contributed by atoms with van der Waals surface area (Å²) in [5.74, 6) is 1.15. The third-order valence-electron chi connectivity index (χ3n) is 3.64. The van der Waals surface area contributed by atoms with E-state index in [2.05, 4.69) is 61.0 Å². The van der Waals surface area contributed by atoms with Gasteiger partial charge in [-0.3, -0.25) is 0 Å². The highest BCUT2D eigenvalue weighted by Crippen LogP contribution is 2.16. The number of fused-ring (bicyclic) bond motifs is 1. The van der Waals surface area contributed by atoms with Crippen LogP contribution in [-0.4, -0.2) is 9.55 Å². The molecule has 0 fully saturated rings. The van der Waals surface area contributed by atoms with Crippen LogP contribution in [0.3, 0.4) is 0 Å². The number of imidazole rings is 1. The third kappa shape index (κ3) is 2.39. The van der Waals surface area contributed by atoms with Crippen molar-refractivity contribution in [2.75, 3.05) is 0 Å². The molecular formula is C17H18N2. The maximum atomic E-state index is 4.71. The van der Waals surface area contributed by atoms with Gasteiger partial charge in [-0.25, -0.2) is 4.98 Å². The van der Waals surface area contributed by atoms with Crippen molar-refractivity contribution in [1.29, 1.82) is 0 Å². The Hall–Kier alpha value is -2.09. The van der Waals surface area contributed by atoms with Gasteiger partial charge in [0.2, 0.25) is 0 Å². The molecule has 0 aliphatic heterocycles. The lowest BCUT2D eigenvalue weighted by Crippen LogP contribution is -2.00. The molecule has 0 aliphatic rings. The molecule has 0 N–H and O–H groups in total. The summed E-state index contributed by atoms with van der Waals surface area (Å²) in [4.78, 5) is 4.71. The molecule has 2 nitrogen and oxygen atoms in total. The number of para-hydroxylation sites is 2. The fraction of sp³-hybridized carbons (Fsp3) is 0.235. The van der Waals surface area contributed by atoms with Crippen molar-refractivity contribution in [3.05, 3.63) is 65.5 Å². The number of benzene rings is 2. The highest BCUT2D eigenvalue weighted by molar-refractivity contribution is 5.75. The van der Waals surface area contributed by atoms with E-state index in [1.165, 1.54) is 16.6 Å². The van der Waals surface area contributed by atoms with E-state index in [9.17, 15) is 0 Å². The van der Waals surface area contributed by atoms with Crippen molar-refractivity contribution < 1.29 is 0 Å². The van der Waals surface area contributed by atoms with E-state index in [-0.39, 0.29) is 0 Å². The van der Waals surface area contributed by atoms with Gasteiger partial charge in [0, 0.05) is 13.5 Å². The fourth-order valence-corrected chi connectivity index (χ4v) is 2.43. The summed E-state index contributed by atoms with van der Waals surface area (Å²) >= 11 is 0. The lowest BCUT2D eigenvalue weighted by atomic mass is 10.1. The van der Waals surface area contributed by atoms with E-state index in [0.717, 1.165) is 24.2 Å². The van der Waals surface area contributed by atoms with E-state index < -0.39 is 0 Å². The predicted molar refractivity (Wildman–Crippen MR) is 79.3 cm³/mol. The van der Waals surface area contributed by atoms with Crippen LogP contribution >= 0.6 is 0 Å². The SMILES string of the molecule is Cc1ccc(CCc2nc3ccccc3n2C)cc1. The van der Waals surface area contributed by atoms with Gasteiger partial charge in [-0.15, -0.1) is 0 Å². The Morgan fingerprint density at radius 2 is 1.68 bits per heavy atom. The van der Waals surface area contributed by atoms with Crippen molar-refractivity contribution >= 4 is 11.0 Å². The number of aromatic nitrogens is 2. The Morgan fingerprint density at radius 1 is 0.947 bits per heavy atom. The number of rotatable bonds is 3. The van der Waals surface area contributed by atoms with Crippen molar-refractivity contribution in [1.82, 2.24) is 9.55 Å². The van der Waals surface area contributed by atoms with Crippen LogP contribution < -0.4 is 0 Å². The first-order chi connectivity index (χ1) is 9.24. The number of aryl methyl sites for hydroxylation is 4. The average Bonchev–Trinajstić information content (AvgIpc) is 2.76. The Kier molecular flexibility index (Phi) is 3.08. The second kappa shape index (κ2) is 4.88. The normalized spacial score (nSPS) is 11.1. The van der Waals surface area contributed by atoms with Gasteiger partial charge in [-0.05, 0) is 31.0 Å². The van der Waals surface area contributed by atoms with Gasteiger partial charge < -0.3 is 4.57 Å². The maximum absolute atomic E-state index is 4.71. The smallest absolute Gasteiger partial charge is 0.109 e. The van der Waals surface area contributed by atoms with E-state index in [4.69, 9.17) is 4.98 Å². The van der Waals surface area contributed by atoms with Gasteiger partial charge in [0.25, 0.3) is 0 Å². The van der Waals surface area contributed by atoms with Gasteiger partial charge in [0.05, 0.1) is 11.0 Å². The largest absolute Gasteiger partial charge is 0.331 e. The molecule has 19 heavy (non-hydrogen) atoms. The van der Waals surface area contributed by atoms with E-state index in [0.29, 0.717) is 0 Å². The van der Waals surface area contributed by atoms with Crippen molar-refractivity contribution in [2.45, 2.75) is 19.8 Å². The molecule has 1 aromatic heterocycles. The van der Waals surface area contributed by atoms with Gasteiger partial charge >= 0.3 is 0 Å². The summed E-state index contributed by atoms with van der Waals surface area (Å²) in [6.45, 7) is 2.12. The monoisotopic (exact) mass is 250 g/mol. The zero-order chi connectivity index (χ0) is 13.2. The molecule has 2 heteroatoms. The fourth-order valence-electron chi connectivity index (χ4n) is 2.43. The summed E-state index contributed by atoms with van der Waals surface area (Å²) in [6, 6.07) is 17.1. The van der Waals surface area contributed by atoms with Crippen LogP contribution in [0.5, 0.6) is 0 Å². The minimum absolute atomic E-state index is 0.980. The molecule has 3 aromatic rings. The summed E-state index contributed by atoms with van der Waals surface area (Å²) in [7, 11) is 2.10. The molecule has 0 radical (unpaired) electrons. The Morgan fingerprint density at radius 3 is 2.42 bits per heavy atom. The van der Waals surface area contributed by atoms with E-state index >= 15 is 0 Å². The second-order valence-corrected chi connectivity index (χ2v) is 5.06. The first kappa shape index (κ1) is 12.0. The molecular weight excluding hydrogens is 232 g/mol. The van der Waals surface area contributed by atoms with Crippen LogP contribution in [0.2, 0.25) is 0 Å². The van der Waals surface area contributed by atoms with Crippen molar-refractivity contribution in [3.63, 3.8) is 0 Å². The minimum Gasteiger partial charge on any atom is -0.331 e. The minimum atomic E-state index is 0.980. The molecule has 0 bridgehead atoms. The Balaban J connectivity index is 1.82. The van der Waals surface area contributed by atoms with Crippen LogP contribution in [0.25, 0.3) is 11.0 Å². The van der Waals surface area contributed by atoms with E-state index in [1.54, 1.807) is 0 Å². The molecule has 96 valence electrons. The number of hydrogen-bond donors (Lipinski definition) is 0. The Labute approximate surface area is 113 Å². The summed E-state index contributed by atoms with van der Waals surface area (Å²) in [5, 5.41) is 0. The van der Waals surface area contributed by atoms with Gasteiger partial charge in [0.1, 0.15) is 5.82 Å². The number of nitrogens with zero attached hydrogens (tertiary/aromatic N) is 2. The van der Waals surface area contributed by atoms with Crippen molar-refractivity contribution in [3.8, 4) is 0 Å². The van der Waals surface area contributed by atoms with Crippen LogP contribution in [-0.2, 0) is 19.9 Å². The molecule has 2 aromatic carbocycles.